The first-order valence-corrected chi connectivity index (χ1v) is 12.3. The zero-order valence-electron chi connectivity index (χ0n) is 20.0. The lowest BCUT2D eigenvalue weighted by molar-refractivity contribution is 0.0734. The van der Waals surface area contributed by atoms with E-state index in [-0.39, 0.29) is 5.97 Å². The first kappa shape index (κ1) is 24.6. The van der Waals surface area contributed by atoms with Crippen molar-refractivity contribution in [2.45, 2.75) is 65.2 Å². The molecule has 0 amide bonds. The normalized spacial score (nSPS) is 10.7. The highest BCUT2D eigenvalue weighted by atomic mass is 16.5. The van der Waals surface area contributed by atoms with Gasteiger partial charge in [-0.2, -0.15) is 0 Å². The second-order valence-electron chi connectivity index (χ2n) is 8.63. The minimum atomic E-state index is -0.368. The Bertz CT molecular complexity index is 957. The summed E-state index contributed by atoms with van der Waals surface area (Å²) < 4.78 is 11.3. The third kappa shape index (κ3) is 8.42. The van der Waals surface area contributed by atoms with Crippen LogP contribution >= 0.6 is 0 Å². The summed E-state index contributed by atoms with van der Waals surface area (Å²) in [7, 11) is 0. The van der Waals surface area contributed by atoms with E-state index in [1.165, 1.54) is 50.5 Å². The molecule has 0 aliphatic heterocycles. The molecule has 0 heterocycles. The Kier molecular flexibility index (Phi) is 10.0. The zero-order valence-corrected chi connectivity index (χ0v) is 20.0. The summed E-state index contributed by atoms with van der Waals surface area (Å²) in [6, 6.07) is 23.1. The second-order valence-corrected chi connectivity index (χ2v) is 8.63. The zero-order chi connectivity index (χ0) is 23.3. The highest BCUT2D eigenvalue weighted by molar-refractivity contribution is 5.91. The number of unbranched alkanes of at least 4 members (excludes halogenated alkanes) is 7. The molecule has 0 aromatic heterocycles. The number of carbonyl (C=O) groups is 1. The molecule has 3 nitrogen and oxygen atoms in total. The molecule has 0 fully saturated rings. The molecule has 0 atom stereocenters. The van der Waals surface area contributed by atoms with E-state index >= 15 is 0 Å². The van der Waals surface area contributed by atoms with Crippen molar-refractivity contribution in [1.29, 1.82) is 0 Å². The van der Waals surface area contributed by atoms with Crippen LogP contribution in [0.25, 0.3) is 11.1 Å². The lowest BCUT2D eigenvalue weighted by Gasteiger charge is -2.08. The van der Waals surface area contributed by atoms with E-state index in [0.29, 0.717) is 17.9 Å². The molecule has 3 heteroatoms. The van der Waals surface area contributed by atoms with Gasteiger partial charge in [0.1, 0.15) is 11.5 Å². The van der Waals surface area contributed by atoms with Crippen molar-refractivity contribution in [2.75, 3.05) is 6.61 Å². The van der Waals surface area contributed by atoms with Crippen LogP contribution in [0.1, 0.15) is 74.2 Å². The van der Waals surface area contributed by atoms with Gasteiger partial charge < -0.3 is 9.47 Å². The molecule has 0 N–H and O–H groups in total. The van der Waals surface area contributed by atoms with Gasteiger partial charge in [-0.1, -0.05) is 93.8 Å². The lowest BCUT2D eigenvalue weighted by atomic mass is 10.0. The maximum absolute atomic E-state index is 12.5. The molecule has 0 saturated carbocycles. The molecule has 0 aliphatic rings. The fourth-order valence-corrected chi connectivity index (χ4v) is 3.74. The first-order chi connectivity index (χ1) is 16.2. The molecule has 0 spiro atoms. The second kappa shape index (κ2) is 13.5. The van der Waals surface area contributed by atoms with Gasteiger partial charge in [-0.3, -0.25) is 0 Å². The van der Waals surface area contributed by atoms with Crippen molar-refractivity contribution in [3.8, 4) is 22.6 Å². The number of benzene rings is 3. The topological polar surface area (TPSA) is 35.5 Å². The molecular formula is C30H36O3. The Morgan fingerprint density at radius 1 is 0.636 bits per heavy atom. The fraction of sp³-hybridized carbons (Fsp3) is 0.367. The Morgan fingerprint density at radius 2 is 1.15 bits per heavy atom. The average Bonchev–Trinajstić information content (AvgIpc) is 2.84. The van der Waals surface area contributed by atoms with Gasteiger partial charge in [-0.15, -0.1) is 0 Å². The molecule has 33 heavy (non-hydrogen) atoms. The SMILES string of the molecule is CCCCCCCCCCOc1ccc(C(=O)Oc2ccc(-c3ccc(C)cc3)cc2)cc1. The van der Waals surface area contributed by atoms with Crippen molar-refractivity contribution in [1.82, 2.24) is 0 Å². The largest absolute Gasteiger partial charge is 0.494 e. The highest BCUT2D eigenvalue weighted by Gasteiger charge is 2.09. The molecule has 3 rings (SSSR count). The van der Waals surface area contributed by atoms with Gasteiger partial charge in [0.25, 0.3) is 0 Å². The van der Waals surface area contributed by atoms with Crippen molar-refractivity contribution < 1.29 is 14.3 Å². The van der Waals surface area contributed by atoms with Crippen LogP contribution in [-0.2, 0) is 0 Å². The first-order valence-electron chi connectivity index (χ1n) is 12.3. The van der Waals surface area contributed by atoms with Gasteiger partial charge in [0.2, 0.25) is 0 Å². The van der Waals surface area contributed by atoms with Crippen molar-refractivity contribution in [3.05, 3.63) is 83.9 Å². The Morgan fingerprint density at radius 3 is 1.76 bits per heavy atom. The third-order valence-corrected chi connectivity index (χ3v) is 5.81. The van der Waals surface area contributed by atoms with E-state index in [4.69, 9.17) is 9.47 Å². The van der Waals surface area contributed by atoms with Crippen LogP contribution in [0.2, 0.25) is 0 Å². The molecule has 3 aromatic rings. The predicted octanol–water partition coefficient (Wildman–Crippen LogP) is 8.40. The van der Waals surface area contributed by atoms with Crippen molar-refractivity contribution in [3.63, 3.8) is 0 Å². The Labute approximate surface area is 198 Å². The molecule has 0 radical (unpaired) electrons. The Hall–Kier alpha value is -3.07. The van der Waals surface area contributed by atoms with Crippen LogP contribution in [0.15, 0.2) is 72.8 Å². The molecule has 3 aromatic carbocycles. The van der Waals surface area contributed by atoms with E-state index < -0.39 is 0 Å². The summed E-state index contributed by atoms with van der Waals surface area (Å²) in [5, 5.41) is 0. The number of hydrogen-bond acceptors (Lipinski definition) is 3. The quantitative estimate of drug-likeness (QED) is 0.151. The van der Waals surface area contributed by atoms with E-state index in [0.717, 1.165) is 23.3 Å². The summed E-state index contributed by atoms with van der Waals surface area (Å²) in [5.41, 5.74) is 3.97. The summed E-state index contributed by atoms with van der Waals surface area (Å²) >= 11 is 0. The van der Waals surface area contributed by atoms with E-state index in [1.54, 1.807) is 12.1 Å². The number of rotatable bonds is 13. The molecule has 0 saturated heterocycles. The van der Waals surface area contributed by atoms with Gasteiger partial charge in [0, 0.05) is 0 Å². The van der Waals surface area contributed by atoms with Crippen LogP contribution in [0.5, 0.6) is 11.5 Å². The van der Waals surface area contributed by atoms with Gasteiger partial charge in [-0.05, 0) is 60.9 Å². The fourth-order valence-electron chi connectivity index (χ4n) is 3.74. The van der Waals surface area contributed by atoms with Crippen molar-refractivity contribution >= 4 is 5.97 Å². The van der Waals surface area contributed by atoms with E-state index in [1.807, 2.05) is 36.4 Å². The van der Waals surface area contributed by atoms with Crippen LogP contribution in [-0.4, -0.2) is 12.6 Å². The minimum Gasteiger partial charge on any atom is -0.494 e. The molecule has 0 unspecified atom stereocenters. The molecular weight excluding hydrogens is 408 g/mol. The number of aryl methyl sites for hydroxylation is 1. The summed E-state index contributed by atoms with van der Waals surface area (Å²) in [4.78, 5) is 12.5. The number of esters is 1. The van der Waals surface area contributed by atoms with Crippen LogP contribution in [0.3, 0.4) is 0 Å². The van der Waals surface area contributed by atoms with E-state index in [9.17, 15) is 4.79 Å². The summed E-state index contributed by atoms with van der Waals surface area (Å²) in [6.45, 7) is 5.03. The number of hydrogen-bond donors (Lipinski definition) is 0. The highest BCUT2D eigenvalue weighted by Crippen LogP contribution is 2.23. The molecule has 0 aliphatic carbocycles. The van der Waals surface area contributed by atoms with Crippen molar-refractivity contribution in [2.24, 2.45) is 0 Å². The lowest BCUT2D eigenvalue weighted by Crippen LogP contribution is -2.08. The van der Waals surface area contributed by atoms with Gasteiger partial charge >= 0.3 is 5.97 Å². The Balaban J connectivity index is 1.39. The predicted molar refractivity (Wildman–Crippen MR) is 136 cm³/mol. The van der Waals surface area contributed by atoms with Gasteiger partial charge in [0.15, 0.2) is 0 Å². The molecule has 174 valence electrons. The van der Waals surface area contributed by atoms with Crippen LogP contribution in [0.4, 0.5) is 0 Å². The third-order valence-electron chi connectivity index (χ3n) is 5.81. The minimum absolute atomic E-state index is 0.368. The summed E-state index contributed by atoms with van der Waals surface area (Å²) in [6.07, 6.45) is 10.2. The maximum Gasteiger partial charge on any atom is 0.343 e. The smallest absolute Gasteiger partial charge is 0.343 e. The van der Waals surface area contributed by atoms with E-state index in [2.05, 4.69) is 38.1 Å². The average molecular weight is 445 g/mol. The van der Waals surface area contributed by atoms with Crippen LogP contribution in [0, 0.1) is 6.92 Å². The molecule has 0 bridgehead atoms. The standard InChI is InChI=1S/C30H36O3/c1-3-4-5-6-7-8-9-10-23-32-28-19-17-27(18-20-28)30(31)33-29-21-15-26(16-22-29)25-13-11-24(2)12-14-25/h11-22H,3-10,23H2,1-2H3. The van der Waals surface area contributed by atoms with Gasteiger partial charge in [0.05, 0.1) is 12.2 Å². The summed E-state index contributed by atoms with van der Waals surface area (Å²) in [5.74, 6) is 0.954. The monoisotopic (exact) mass is 444 g/mol. The maximum atomic E-state index is 12.5. The number of carbonyl (C=O) groups excluding carboxylic acids is 1. The van der Waals surface area contributed by atoms with Gasteiger partial charge in [-0.25, -0.2) is 4.79 Å². The van der Waals surface area contributed by atoms with Crippen LogP contribution < -0.4 is 9.47 Å². The number of ether oxygens (including phenoxy) is 2.